The molecule has 0 aliphatic heterocycles. The lowest BCUT2D eigenvalue weighted by atomic mass is 10.6. The van der Waals surface area contributed by atoms with Gasteiger partial charge in [-0.05, 0) is 6.08 Å². The normalized spacial score (nSPS) is 9.44. The second-order valence-electron chi connectivity index (χ2n) is 1.20. The lowest BCUT2D eigenvalue weighted by Gasteiger charge is -1.92. The van der Waals surface area contributed by atoms with Gasteiger partial charge in [0.25, 0.3) is 0 Å². The second-order valence-corrected chi connectivity index (χ2v) is 1.20. The molecule has 0 radical (unpaired) electrons. The van der Waals surface area contributed by atoms with E-state index in [2.05, 4.69) is 11.3 Å². The van der Waals surface area contributed by atoms with Gasteiger partial charge >= 0.3 is 5.97 Å². The Morgan fingerprint density at radius 2 is 2.44 bits per heavy atom. The van der Waals surface area contributed by atoms with E-state index in [0.717, 1.165) is 12.2 Å². The van der Waals surface area contributed by atoms with Gasteiger partial charge in [0, 0.05) is 6.08 Å². The van der Waals surface area contributed by atoms with Gasteiger partial charge in [-0.25, -0.2) is 9.18 Å². The molecular formula is C6H7FO2. The molecule has 0 rings (SSSR count). The third-order valence-corrected chi connectivity index (χ3v) is 0.578. The van der Waals surface area contributed by atoms with Crippen LogP contribution in [0.15, 0.2) is 25.1 Å². The van der Waals surface area contributed by atoms with Crippen molar-refractivity contribution in [2.24, 2.45) is 0 Å². The third-order valence-electron chi connectivity index (χ3n) is 0.578. The average Bonchev–Trinajstić information content (AvgIpc) is 1.89. The minimum atomic E-state index is -0.548. The van der Waals surface area contributed by atoms with Crippen LogP contribution in [0.2, 0.25) is 0 Å². The molecule has 0 saturated carbocycles. The molecule has 0 N–H and O–H groups in total. The topological polar surface area (TPSA) is 26.3 Å². The summed E-state index contributed by atoms with van der Waals surface area (Å²) in [7, 11) is 0. The summed E-state index contributed by atoms with van der Waals surface area (Å²) >= 11 is 0. The summed E-state index contributed by atoms with van der Waals surface area (Å²) in [5.41, 5.74) is 0. The van der Waals surface area contributed by atoms with Gasteiger partial charge in [-0.15, -0.1) is 0 Å². The van der Waals surface area contributed by atoms with Gasteiger partial charge in [0.2, 0.25) is 0 Å². The molecular weight excluding hydrogens is 123 g/mol. The number of esters is 1. The van der Waals surface area contributed by atoms with E-state index < -0.39 is 5.97 Å². The molecule has 0 atom stereocenters. The molecule has 0 unspecified atom stereocenters. The zero-order valence-electron chi connectivity index (χ0n) is 4.84. The van der Waals surface area contributed by atoms with Crippen molar-refractivity contribution in [3.8, 4) is 0 Å². The molecule has 0 spiro atoms. The summed E-state index contributed by atoms with van der Waals surface area (Å²) in [5.74, 6) is -0.548. The van der Waals surface area contributed by atoms with E-state index in [1.807, 2.05) is 0 Å². The fourth-order valence-corrected chi connectivity index (χ4v) is 0.226. The van der Waals surface area contributed by atoms with E-state index in [9.17, 15) is 9.18 Å². The van der Waals surface area contributed by atoms with Crippen LogP contribution in [-0.4, -0.2) is 12.6 Å². The molecule has 0 aliphatic carbocycles. The smallest absolute Gasteiger partial charge is 0.330 e. The van der Waals surface area contributed by atoms with Gasteiger partial charge < -0.3 is 4.74 Å². The zero-order valence-corrected chi connectivity index (χ0v) is 4.84. The molecule has 0 fully saturated rings. The van der Waals surface area contributed by atoms with Crippen molar-refractivity contribution in [2.75, 3.05) is 6.61 Å². The minimum Gasteiger partial charge on any atom is -0.458 e. The predicted octanol–water partition coefficient (Wildman–Crippen LogP) is 1.20. The number of ether oxygens (including phenoxy) is 1. The van der Waals surface area contributed by atoms with Gasteiger partial charge in [-0.2, -0.15) is 0 Å². The molecule has 9 heavy (non-hydrogen) atoms. The van der Waals surface area contributed by atoms with Crippen molar-refractivity contribution in [1.82, 2.24) is 0 Å². The molecule has 2 nitrogen and oxygen atoms in total. The standard InChI is InChI=1S/C6H7FO2/c1-2-6(8)9-5-3-4-7/h2-4H,1,5H2. The Morgan fingerprint density at radius 1 is 1.78 bits per heavy atom. The van der Waals surface area contributed by atoms with E-state index in [4.69, 9.17) is 0 Å². The van der Waals surface area contributed by atoms with E-state index in [-0.39, 0.29) is 6.61 Å². The van der Waals surface area contributed by atoms with Crippen LogP contribution in [0, 0.1) is 0 Å². The Morgan fingerprint density at radius 3 is 2.89 bits per heavy atom. The summed E-state index contributed by atoms with van der Waals surface area (Å²) in [6, 6.07) is 0. The molecule has 0 aromatic rings. The Labute approximate surface area is 52.6 Å². The second kappa shape index (κ2) is 5.03. The van der Waals surface area contributed by atoms with Crippen molar-refractivity contribution in [3.05, 3.63) is 25.1 Å². The number of hydrogen-bond acceptors (Lipinski definition) is 2. The SMILES string of the molecule is C=CC(=O)OCC=CF. The molecule has 0 aromatic carbocycles. The summed E-state index contributed by atoms with van der Waals surface area (Å²) in [6.45, 7) is 3.11. The lowest BCUT2D eigenvalue weighted by Crippen LogP contribution is -1.98. The van der Waals surface area contributed by atoms with Crippen molar-refractivity contribution in [2.45, 2.75) is 0 Å². The lowest BCUT2D eigenvalue weighted by molar-refractivity contribution is -0.136. The highest BCUT2D eigenvalue weighted by Crippen LogP contribution is 1.80. The maximum absolute atomic E-state index is 11.1. The first-order chi connectivity index (χ1) is 4.31. The van der Waals surface area contributed by atoms with Gasteiger partial charge in [0.05, 0.1) is 6.33 Å². The van der Waals surface area contributed by atoms with Gasteiger partial charge in [-0.1, -0.05) is 6.58 Å². The van der Waals surface area contributed by atoms with Gasteiger partial charge in [0.1, 0.15) is 6.61 Å². The average molecular weight is 130 g/mol. The molecule has 50 valence electrons. The van der Waals surface area contributed by atoms with Crippen LogP contribution in [0.25, 0.3) is 0 Å². The van der Waals surface area contributed by atoms with Crippen LogP contribution < -0.4 is 0 Å². The molecule has 0 aliphatic rings. The van der Waals surface area contributed by atoms with Crippen LogP contribution in [-0.2, 0) is 9.53 Å². The first kappa shape index (κ1) is 7.88. The van der Waals surface area contributed by atoms with E-state index >= 15 is 0 Å². The molecule has 0 bridgehead atoms. The van der Waals surface area contributed by atoms with Crippen LogP contribution in [0.1, 0.15) is 0 Å². The summed E-state index contributed by atoms with van der Waals surface area (Å²) in [6.07, 6.45) is 2.42. The van der Waals surface area contributed by atoms with Crippen molar-refractivity contribution >= 4 is 5.97 Å². The minimum absolute atomic E-state index is 0.0403. The Kier molecular flexibility index (Phi) is 4.40. The Hall–Kier alpha value is -1.12. The van der Waals surface area contributed by atoms with Crippen LogP contribution in [0.3, 0.4) is 0 Å². The third kappa shape index (κ3) is 4.74. The fourth-order valence-electron chi connectivity index (χ4n) is 0.226. The first-order valence-corrected chi connectivity index (χ1v) is 2.35. The highest BCUT2D eigenvalue weighted by Gasteiger charge is 1.88. The molecule has 0 amide bonds. The molecule has 0 aromatic heterocycles. The van der Waals surface area contributed by atoms with Crippen LogP contribution in [0.4, 0.5) is 4.39 Å². The van der Waals surface area contributed by atoms with Gasteiger partial charge in [-0.3, -0.25) is 0 Å². The highest BCUT2D eigenvalue weighted by molar-refractivity contribution is 5.81. The molecule has 0 heterocycles. The number of carbonyl (C=O) groups is 1. The number of rotatable bonds is 3. The van der Waals surface area contributed by atoms with Crippen LogP contribution >= 0.6 is 0 Å². The number of hydrogen-bond donors (Lipinski definition) is 0. The monoisotopic (exact) mass is 130 g/mol. The quantitative estimate of drug-likeness (QED) is 0.424. The largest absolute Gasteiger partial charge is 0.458 e. The first-order valence-electron chi connectivity index (χ1n) is 2.35. The number of halogens is 1. The zero-order chi connectivity index (χ0) is 7.11. The van der Waals surface area contributed by atoms with Crippen LogP contribution in [0.5, 0.6) is 0 Å². The molecule has 3 heteroatoms. The summed E-state index contributed by atoms with van der Waals surface area (Å²) < 4.78 is 15.5. The van der Waals surface area contributed by atoms with Crippen molar-refractivity contribution < 1.29 is 13.9 Å². The van der Waals surface area contributed by atoms with Gasteiger partial charge in [0.15, 0.2) is 0 Å². The van der Waals surface area contributed by atoms with E-state index in [1.54, 1.807) is 0 Å². The Bertz CT molecular complexity index is 129. The maximum Gasteiger partial charge on any atom is 0.330 e. The fraction of sp³-hybridized carbons (Fsp3) is 0.167. The predicted molar refractivity (Wildman–Crippen MR) is 31.4 cm³/mol. The summed E-state index contributed by atoms with van der Waals surface area (Å²) in [4.78, 5) is 10.2. The summed E-state index contributed by atoms with van der Waals surface area (Å²) in [5, 5.41) is 0. The van der Waals surface area contributed by atoms with E-state index in [1.165, 1.54) is 0 Å². The van der Waals surface area contributed by atoms with Crippen molar-refractivity contribution in [3.63, 3.8) is 0 Å². The molecule has 0 saturated heterocycles. The Balaban J connectivity index is 3.27. The van der Waals surface area contributed by atoms with E-state index in [0.29, 0.717) is 6.33 Å². The maximum atomic E-state index is 11.1. The number of carbonyl (C=O) groups excluding carboxylic acids is 1. The van der Waals surface area contributed by atoms with Crippen molar-refractivity contribution in [1.29, 1.82) is 0 Å². The highest BCUT2D eigenvalue weighted by atomic mass is 19.1.